The first-order valence-corrected chi connectivity index (χ1v) is 3.99. The van der Waals surface area contributed by atoms with Crippen molar-refractivity contribution in [1.29, 1.82) is 0 Å². The van der Waals surface area contributed by atoms with Crippen LogP contribution in [-0.4, -0.2) is 6.04 Å². The summed E-state index contributed by atoms with van der Waals surface area (Å²) in [5, 5.41) is 3.35. The van der Waals surface area contributed by atoms with E-state index in [4.69, 9.17) is 4.42 Å². The lowest BCUT2D eigenvalue weighted by Crippen LogP contribution is -2.25. The lowest BCUT2D eigenvalue weighted by molar-refractivity contribution is 0.408. The molecule has 0 aliphatic heterocycles. The molecule has 11 heavy (non-hydrogen) atoms. The van der Waals surface area contributed by atoms with Crippen molar-refractivity contribution < 1.29 is 4.42 Å². The normalized spacial score (nSPS) is 13.8. The second-order valence-electron chi connectivity index (χ2n) is 3.06. The highest BCUT2D eigenvalue weighted by atomic mass is 16.3. The van der Waals surface area contributed by atoms with Crippen molar-refractivity contribution in [2.45, 2.75) is 32.9 Å². The third-order valence-electron chi connectivity index (χ3n) is 1.55. The highest BCUT2D eigenvalue weighted by molar-refractivity contribution is 5.02. The molecule has 1 N–H and O–H groups in total. The zero-order chi connectivity index (χ0) is 8.27. The van der Waals surface area contributed by atoms with Crippen molar-refractivity contribution in [3.8, 4) is 0 Å². The van der Waals surface area contributed by atoms with E-state index in [1.165, 1.54) is 0 Å². The van der Waals surface area contributed by atoms with E-state index < -0.39 is 0 Å². The van der Waals surface area contributed by atoms with Crippen LogP contribution in [0.4, 0.5) is 0 Å². The number of nitrogens with one attached hydrogen (secondary N) is 1. The van der Waals surface area contributed by atoms with Crippen LogP contribution >= 0.6 is 0 Å². The molecule has 0 aliphatic carbocycles. The van der Waals surface area contributed by atoms with Gasteiger partial charge in [0, 0.05) is 6.04 Å². The molecule has 62 valence electrons. The molecule has 1 rings (SSSR count). The van der Waals surface area contributed by atoms with Gasteiger partial charge in [-0.15, -0.1) is 0 Å². The van der Waals surface area contributed by atoms with Crippen molar-refractivity contribution in [1.82, 2.24) is 5.32 Å². The molecule has 0 radical (unpaired) electrons. The van der Waals surface area contributed by atoms with Crippen LogP contribution in [0.5, 0.6) is 0 Å². The molecule has 1 aromatic heterocycles. The standard InChI is InChI=1S/C9H15NO/c1-7(2)10-8(3)9-5-4-6-11-9/h4-8,10H,1-3H3/t8-/m0/s1. The van der Waals surface area contributed by atoms with Crippen LogP contribution in [0.1, 0.15) is 32.6 Å². The second kappa shape index (κ2) is 3.58. The topological polar surface area (TPSA) is 25.2 Å². The Bertz CT molecular complexity index is 191. The molecule has 1 aromatic rings. The Morgan fingerprint density at radius 3 is 2.55 bits per heavy atom. The Balaban J connectivity index is 2.49. The van der Waals surface area contributed by atoms with Crippen LogP contribution in [0.2, 0.25) is 0 Å². The second-order valence-corrected chi connectivity index (χ2v) is 3.06. The first kappa shape index (κ1) is 8.34. The molecule has 0 saturated heterocycles. The summed E-state index contributed by atoms with van der Waals surface area (Å²) in [6, 6.07) is 4.70. The fraction of sp³-hybridized carbons (Fsp3) is 0.556. The van der Waals surface area contributed by atoms with Gasteiger partial charge in [-0.1, -0.05) is 13.8 Å². The summed E-state index contributed by atoms with van der Waals surface area (Å²) in [6.45, 7) is 6.34. The molecule has 0 amide bonds. The van der Waals surface area contributed by atoms with Crippen LogP contribution in [0.15, 0.2) is 22.8 Å². The van der Waals surface area contributed by atoms with Gasteiger partial charge in [0.05, 0.1) is 12.3 Å². The maximum atomic E-state index is 5.23. The minimum Gasteiger partial charge on any atom is -0.468 e. The maximum absolute atomic E-state index is 5.23. The lowest BCUT2D eigenvalue weighted by Gasteiger charge is -2.13. The predicted octanol–water partition coefficient (Wildman–Crippen LogP) is 2.34. The Hall–Kier alpha value is -0.760. The fourth-order valence-electron chi connectivity index (χ4n) is 1.12. The summed E-state index contributed by atoms with van der Waals surface area (Å²) < 4.78 is 5.23. The van der Waals surface area contributed by atoms with Gasteiger partial charge in [0.15, 0.2) is 0 Å². The van der Waals surface area contributed by atoms with Crippen molar-refractivity contribution in [3.05, 3.63) is 24.2 Å². The van der Waals surface area contributed by atoms with Crippen LogP contribution < -0.4 is 5.32 Å². The van der Waals surface area contributed by atoms with Gasteiger partial charge < -0.3 is 9.73 Å². The van der Waals surface area contributed by atoms with Crippen molar-refractivity contribution in [3.63, 3.8) is 0 Å². The molecule has 1 heterocycles. The molecule has 2 nitrogen and oxygen atoms in total. The van der Waals surface area contributed by atoms with E-state index in [-0.39, 0.29) is 0 Å². The predicted molar refractivity (Wildman–Crippen MR) is 45.4 cm³/mol. The summed E-state index contributed by atoms with van der Waals surface area (Å²) in [5.41, 5.74) is 0. The number of hydrogen-bond donors (Lipinski definition) is 1. The zero-order valence-corrected chi connectivity index (χ0v) is 7.29. The average molecular weight is 153 g/mol. The minimum absolute atomic E-state index is 0.310. The molecule has 0 unspecified atom stereocenters. The van der Waals surface area contributed by atoms with Gasteiger partial charge in [-0.25, -0.2) is 0 Å². The SMILES string of the molecule is CC(C)N[C@@H](C)c1ccco1. The van der Waals surface area contributed by atoms with Gasteiger partial charge in [-0.05, 0) is 19.1 Å². The van der Waals surface area contributed by atoms with E-state index in [0.29, 0.717) is 12.1 Å². The Morgan fingerprint density at radius 2 is 2.09 bits per heavy atom. The monoisotopic (exact) mass is 153 g/mol. The zero-order valence-electron chi connectivity index (χ0n) is 7.29. The van der Waals surface area contributed by atoms with Gasteiger partial charge >= 0.3 is 0 Å². The van der Waals surface area contributed by atoms with Crippen LogP contribution in [0.25, 0.3) is 0 Å². The Labute approximate surface area is 67.6 Å². The van der Waals surface area contributed by atoms with Gasteiger partial charge in [-0.3, -0.25) is 0 Å². The van der Waals surface area contributed by atoms with Crippen LogP contribution in [0, 0.1) is 0 Å². The maximum Gasteiger partial charge on any atom is 0.120 e. The van der Waals surface area contributed by atoms with E-state index in [1.807, 2.05) is 12.1 Å². The van der Waals surface area contributed by atoms with Gasteiger partial charge in [-0.2, -0.15) is 0 Å². The number of rotatable bonds is 3. The summed E-state index contributed by atoms with van der Waals surface area (Å²) in [4.78, 5) is 0. The third-order valence-corrected chi connectivity index (χ3v) is 1.55. The first-order chi connectivity index (χ1) is 5.20. The van der Waals surface area contributed by atoms with Crippen molar-refractivity contribution in [2.24, 2.45) is 0 Å². The smallest absolute Gasteiger partial charge is 0.120 e. The number of furan rings is 1. The molecule has 0 spiro atoms. The van der Waals surface area contributed by atoms with E-state index in [2.05, 4.69) is 26.1 Å². The summed E-state index contributed by atoms with van der Waals surface area (Å²) in [6.07, 6.45) is 1.70. The fourth-order valence-corrected chi connectivity index (χ4v) is 1.12. The van der Waals surface area contributed by atoms with E-state index in [9.17, 15) is 0 Å². The molecular weight excluding hydrogens is 138 g/mol. The molecule has 0 aromatic carbocycles. The largest absolute Gasteiger partial charge is 0.468 e. The Morgan fingerprint density at radius 1 is 1.36 bits per heavy atom. The van der Waals surface area contributed by atoms with Gasteiger partial charge in [0.2, 0.25) is 0 Å². The third kappa shape index (κ3) is 2.39. The van der Waals surface area contributed by atoms with Crippen LogP contribution in [-0.2, 0) is 0 Å². The molecule has 0 aliphatic rings. The highest BCUT2D eigenvalue weighted by Gasteiger charge is 2.07. The van der Waals surface area contributed by atoms with Crippen LogP contribution in [0.3, 0.4) is 0 Å². The van der Waals surface area contributed by atoms with Gasteiger partial charge in [0.1, 0.15) is 5.76 Å². The van der Waals surface area contributed by atoms with E-state index in [0.717, 1.165) is 5.76 Å². The highest BCUT2D eigenvalue weighted by Crippen LogP contribution is 2.12. The summed E-state index contributed by atoms with van der Waals surface area (Å²) >= 11 is 0. The first-order valence-electron chi connectivity index (χ1n) is 3.99. The molecule has 2 heteroatoms. The average Bonchev–Trinajstić information content (AvgIpc) is 2.35. The van der Waals surface area contributed by atoms with Crippen molar-refractivity contribution >= 4 is 0 Å². The number of hydrogen-bond acceptors (Lipinski definition) is 2. The lowest BCUT2D eigenvalue weighted by atomic mass is 10.2. The molecule has 0 saturated carbocycles. The summed E-state index contributed by atoms with van der Waals surface area (Å²) in [5.74, 6) is 0.999. The van der Waals surface area contributed by atoms with E-state index >= 15 is 0 Å². The molecule has 0 bridgehead atoms. The quantitative estimate of drug-likeness (QED) is 0.721. The van der Waals surface area contributed by atoms with Crippen molar-refractivity contribution in [2.75, 3.05) is 0 Å². The van der Waals surface area contributed by atoms with E-state index in [1.54, 1.807) is 6.26 Å². The van der Waals surface area contributed by atoms with Gasteiger partial charge in [0.25, 0.3) is 0 Å². The molecular formula is C9H15NO. The minimum atomic E-state index is 0.310. The molecule has 1 atom stereocenters. The molecule has 0 fully saturated rings. The summed E-state index contributed by atoms with van der Waals surface area (Å²) in [7, 11) is 0. The Kier molecular flexibility index (Phi) is 2.71.